The Hall–Kier alpha value is -3.08. The summed E-state index contributed by atoms with van der Waals surface area (Å²) in [5.74, 6) is 0.0435. The summed E-state index contributed by atoms with van der Waals surface area (Å²) in [4.78, 5) is 32.8. The van der Waals surface area contributed by atoms with Crippen molar-refractivity contribution in [1.29, 1.82) is 0 Å². The fourth-order valence-corrected chi connectivity index (χ4v) is 6.94. The summed E-state index contributed by atoms with van der Waals surface area (Å²) < 4.78 is 0. The molecule has 12 nitrogen and oxygen atoms in total. The van der Waals surface area contributed by atoms with E-state index in [1.807, 2.05) is 0 Å². The van der Waals surface area contributed by atoms with Gasteiger partial charge in [-0.05, 0) is 19.3 Å². The number of hydrogen-bond donors (Lipinski definition) is 4. The van der Waals surface area contributed by atoms with Crippen LogP contribution in [-0.2, 0) is 22.4 Å². The highest BCUT2D eigenvalue weighted by molar-refractivity contribution is 7.16. The third-order valence-electron chi connectivity index (χ3n) is 5.57. The topological polar surface area (TPSA) is 188 Å². The monoisotopic (exact) mass is 562 g/mol. The van der Waals surface area contributed by atoms with Crippen LogP contribution in [0.5, 0.6) is 0 Å². The van der Waals surface area contributed by atoms with Crippen LogP contribution in [0.25, 0.3) is 0 Å². The number of anilines is 4. The number of rotatable bonds is 8. The summed E-state index contributed by atoms with van der Waals surface area (Å²) in [6.45, 7) is 0. The quantitative estimate of drug-likeness (QED) is 0.248. The van der Waals surface area contributed by atoms with Crippen LogP contribution in [0.4, 0.5) is 20.5 Å². The standard InChI is InChI=1S/C20H22N10O2S4/c21-17-23-11(7-33-17)5-13(31)25-19-29-27-15(35-19)9-2-1-3-10(4-9)16-28-30-20(36-16)26-14(32)6-12-8-34-18(22)24-12/h7-10H,1-6H2,(H2,21,23)(H2,22,24)(H,25,29,31)(H,26,30,32)/t9-,10-/m0/s1. The summed E-state index contributed by atoms with van der Waals surface area (Å²) in [6, 6.07) is 0. The molecule has 0 unspecified atom stereocenters. The lowest BCUT2D eigenvalue weighted by molar-refractivity contribution is -0.116. The SMILES string of the molecule is Nc1nc(CC(=O)Nc2nnc([C@H]3CCC[C@H](c4nnc(NC(=O)Cc5csc(N)n5)s4)C3)s2)cs1. The molecule has 1 aliphatic rings. The Balaban J connectivity index is 1.15. The van der Waals surface area contributed by atoms with E-state index >= 15 is 0 Å². The van der Waals surface area contributed by atoms with Gasteiger partial charge in [-0.25, -0.2) is 9.97 Å². The molecule has 1 saturated carbocycles. The molecule has 4 aromatic rings. The van der Waals surface area contributed by atoms with Gasteiger partial charge in [-0.15, -0.1) is 43.1 Å². The first-order valence-electron chi connectivity index (χ1n) is 11.1. The molecule has 0 aromatic carbocycles. The number of thiazole rings is 2. The van der Waals surface area contributed by atoms with Gasteiger partial charge in [-0.1, -0.05) is 29.1 Å². The van der Waals surface area contributed by atoms with E-state index < -0.39 is 0 Å². The minimum atomic E-state index is -0.203. The second kappa shape index (κ2) is 10.9. The second-order valence-corrected chi connectivity index (χ2v) is 12.1. The molecule has 0 bridgehead atoms. The highest BCUT2D eigenvalue weighted by atomic mass is 32.1. The van der Waals surface area contributed by atoms with E-state index in [0.717, 1.165) is 35.7 Å². The van der Waals surface area contributed by atoms with Gasteiger partial charge in [0.15, 0.2) is 10.3 Å². The Morgan fingerprint density at radius 3 is 1.69 bits per heavy atom. The van der Waals surface area contributed by atoms with Gasteiger partial charge in [0, 0.05) is 22.6 Å². The minimum absolute atomic E-state index is 0.141. The number of carbonyl (C=O) groups excluding carboxylic acids is 2. The van der Waals surface area contributed by atoms with Crippen molar-refractivity contribution < 1.29 is 9.59 Å². The van der Waals surface area contributed by atoms with Crippen molar-refractivity contribution in [3.63, 3.8) is 0 Å². The zero-order valence-electron chi connectivity index (χ0n) is 18.8. The molecule has 2 atom stereocenters. The number of amides is 2. The Bertz CT molecular complexity index is 1260. The Morgan fingerprint density at radius 1 is 0.806 bits per heavy atom. The molecular weight excluding hydrogens is 541 g/mol. The zero-order chi connectivity index (χ0) is 25.1. The van der Waals surface area contributed by atoms with E-state index in [2.05, 4.69) is 41.0 Å². The lowest BCUT2D eigenvalue weighted by Crippen LogP contribution is -2.14. The fourth-order valence-electron chi connectivity index (χ4n) is 4.00. The molecule has 1 fully saturated rings. The van der Waals surface area contributed by atoms with E-state index in [1.54, 1.807) is 10.8 Å². The third kappa shape index (κ3) is 6.18. The summed E-state index contributed by atoms with van der Waals surface area (Å²) in [5.41, 5.74) is 12.5. The molecule has 0 radical (unpaired) electrons. The molecule has 0 spiro atoms. The molecule has 6 N–H and O–H groups in total. The molecule has 0 aliphatic heterocycles. The van der Waals surface area contributed by atoms with Crippen LogP contribution >= 0.6 is 45.3 Å². The van der Waals surface area contributed by atoms with Crippen LogP contribution in [0.15, 0.2) is 10.8 Å². The lowest BCUT2D eigenvalue weighted by Gasteiger charge is -2.25. The number of hydrogen-bond acceptors (Lipinski definition) is 14. The van der Waals surface area contributed by atoms with Crippen LogP contribution < -0.4 is 22.1 Å². The van der Waals surface area contributed by atoms with Crippen molar-refractivity contribution in [3.05, 3.63) is 32.2 Å². The summed E-state index contributed by atoms with van der Waals surface area (Å²) in [7, 11) is 0. The van der Waals surface area contributed by atoms with Gasteiger partial charge in [-0.2, -0.15) is 0 Å². The lowest BCUT2D eigenvalue weighted by atomic mass is 9.82. The first-order chi connectivity index (χ1) is 17.4. The number of nitrogens with zero attached hydrogens (tertiary/aromatic N) is 6. The molecule has 5 rings (SSSR count). The molecule has 4 heterocycles. The predicted octanol–water partition coefficient (Wildman–Crippen LogP) is 3.27. The van der Waals surface area contributed by atoms with Crippen molar-refractivity contribution in [2.75, 3.05) is 22.1 Å². The molecule has 4 aromatic heterocycles. The smallest absolute Gasteiger partial charge is 0.232 e. The van der Waals surface area contributed by atoms with Crippen molar-refractivity contribution in [3.8, 4) is 0 Å². The van der Waals surface area contributed by atoms with Crippen LogP contribution in [0.3, 0.4) is 0 Å². The van der Waals surface area contributed by atoms with E-state index in [-0.39, 0.29) is 36.5 Å². The zero-order valence-corrected chi connectivity index (χ0v) is 22.1. The summed E-state index contributed by atoms with van der Waals surface area (Å²) in [6.07, 6.45) is 4.16. The summed E-state index contributed by atoms with van der Waals surface area (Å²) >= 11 is 5.40. The Kier molecular flexibility index (Phi) is 7.45. The minimum Gasteiger partial charge on any atom is -0.375 e. The van der Waals surface area contributed by atoms with E-state index in [1.165, 1.54) is 45.3 Å². The number of carbonyl (C=O) groups is 2. The van der Waals surface area contributed by atoms with Gasteiger partial charge in [-0.3, -0.25) is 9.59 Å². The molecule has 0 saturated heterocycles. The number of nitrogens with one attached hydrogen (secondary N) is 2. The van der Waals surface area contributed by atoms with Crippen molar-refractivity contribution in [2.24, 2.45) is 0 Å². The van der Waals surface area contributed by atoms with Crippen LogP contribution in [0.2, 0.25) is 0 Å². The molecular formula is C20H22N10O2S4. The van der Waals surface area contributed by atoms with Crippen molar-refractivity contribution >= 4 is 77.7 Å². The maximum atomic E-state index is 12.3. The van der Waals surface area contributed by atoms with Crippen LogP contribution in [0.1, 0.15) is 58.9 Å². The van der Waals surface area contributed by atoms with Crippen LogP contribution in [-0.4, -0.2) is 42.2 Å². The Labute approximate surface area is 221 Å². The molecule has 188 valence electrons. The van der Waals surface area contributed by atoms with E-state index in [0.29, 0.717) is 31.9 Å². The third-order valence-corrected chi connectivity index (χ3v) is 9.02. The first kappa shape index (κ1) is 24.6. The van der Waals surface area contributed by atoms with Crippen molar-refractivity contribution in [2.45, 2.75) is 50.4 Å². The normalized spacial score (nSPS) is 17.7. The van der Waals surface area contributed by atoms with Gasteiger partial charge in [0.1, 0.15) is 10.0 Å². The molecule has 36 heavy (non-hydrogen) atoms. The number of nitrogens with two attached hydrogens (primary N) is 2. The van der Waals surface area contributed by atoms with Gasteiger partial charge in [0.2, 0.25) is 22.1 Å². The summed E-state index contributed by atoms with van der Waals surface area (Å²) in [5, 5.41) is 29.7. The number of aromatic nitrogens is 6. The maximum Gasteiger partial charge on any atom is 0.232 e. The van der Waals surface area contributed by atoms with Gasteiger partial charge < -0.3 is 22.1 Å². The Morgan fingerprint density at radius 2 is 1.28 bits per heavy atom. The highest BCUT2D eigenvalue weighted by Crippen LogP contribution is 2.43. The highest BCUT2D eigenvalue weighted by Gasteiger charge is 2.29. The number of nitrogen functional groups attached to an aromatic ring is 2. The van der Waals surface area contributed by atoms with Gasteiger partial charge in [0.25, 0.3) is 0 Å². The fraction of sp³-hybridized carbons (Fsp3) is 0.400. The van der Waals surface area contributed by atoms with Gasteiger partial charge in [0.05, 0.1) is 24.2 Å². The molecule has 16 heteroatoms. The predicted molar refractivity (Wildman–Crippen MR) is 141 cm³/mol. The first-order valence-corrected chi connectivity index (χ1v) is 14.5. The van der Waals surface area contributed by atoms with Crippen LogP contribution in [0, 0.1) is 0 Å². The second-order valence-electron chi connectivity index (χ2n) is 8.26. The van der Waals surface area contributed by atoms with Crippen molar-refractivity contribution in [1.82, 2.24) is 30.4 Å². The average Bonchev–Trinajstić information content (AvgIpc) is 3.64. The molecule has 1 aliphatic carbocycles. The largest absolute Gasteiger partial charge is 0.375 e. The van der Waals surface area contributed by atoms with E-state index in [4.69, 9.17) is 11.5 Å². The van der Waals surface area contributed by atoms with Gasteiger partial charge >= 0.3 is 0 Å². The molecule has 2 amide bonds. The van der Waals surface area contributed by atoms with E-state index in [9.17, 15) is 9.59 Å². The maximum absolute atomic E-state index is 12.3. The average molecular weight is 563 g/mol.